The van der Waals surface area contributed by atoms with Gasteiger partial charge >= 0.3 is 0 Å². The van der Waals surface area contributed by atoms with Crippen molar-refractivity contribution in [3.63, 3.8) is 0 Å². The number of aryl methyl sites for hydroxylation is 1. The largest absolute Gasteiger partial charge is 0.341 e. The predicted octanol–water partition coefficient (Wildman–Crippen LogP) is 3.00. The summed E-state index contributed by atoms with van der Waals surface area (Å²) in [6.07, 6.45) is 0. The SMILES string of the molecule is Cc1ccc(Cl)c(S(=O)(=O)NCc2nc3ccccc3[nH]2)c1. The first-order valence-electron chi connectivity index (χ1n) is 6.65. The summed E-state index contributed by atoms with van der Waals surface area (Å²) in [5.74, 6) is 0.550. The highest BCUT2D eigenvalue weighted by molar-refractivity contribution is 7.89. The van der Waals surface area contributed by atoms with E-state index in [9.17, 15) is 8.42 Å². The third-order valence-electron chi connectivity index (χ3n) is 3.24. The van der Waals surface area contributed by atoms with Gasteiger partial charge in [-0.3, -0.25) is 0 Å². The first-order valence-corrected chi connectivity index (χ1v) is 8.51. The summed E-state index contributed by atoms with van der Waals surface area (Å²) in [5.41, 5.74) is 2.49. The summed E-state index contributed by atoms with van der Waals surface area (Å²) in [7, 11) is -3.69. The Bertz CT molecular complexity index is 902. The van der Waals surface area contributed by atoms with Crippen molar-refractivity contribution in [1.29, 1.82) is 0 Å². The molecule has 0 aliphatic rings. The first kappa shape index (κ1) is 15.0. The number of hydrogen-bond acceptors (Lipinski definition) is 3. The topological polar surface area (TPSA) is 74.8 Å². The summed E-state index contributed by atoms with van der Waals surface area (Å²) in [6, 6.07) is 12.4. The van der Waals surface area contributed by atoms with E-state index in [4.69, 9.17) is 11.6 Å². The Labute approximate surface area is 133 Å². The molecule has 0 spiro atoms. The quantitative estimate of drug-likeness (QED) is 0.769. The van der Waals surface area contributed by atoms with E-state index in [0.717, 1.165) is 16.6 Å². The molecule has 22 heavy (non-hydrogen) atoms. The highest BCUT2D eigenvalue weighted by Gasteiger charge is 2.18. The molecule has 0 aliphatic heterocycles. The molecule has 0 radical (unpaired) electrons. The molecule has 1 aromatic heterocycles. The molecule has 3 aromatic rings. The highest BCUT2D eigenvalue weighted by atomic mass is 35.5. The zero-order valence-electron chi connectivity index (χ0n) is 11.8. The Hall–Kier alpha value is -1.89. The number of aromatic amines is 1. The van der Waals surface area contributed by atoms with Gasteiger partial charge in [0.05, 0.1) is 22.6 Å². The number of sulfonamides is 1. The number of benzene rings is 2. The molecule has 0 bridgehead atoms. The molecule has 114 valence electrons. The Morgan fingerprint density at radius 3 is 2.77 bits per heavy atom. The second-order valence-electron chi connectivity index (χ2n) is 4.96. The molecule has 2 N–H and O–H groups in total. The summed E-state index contributed by atoms with van der Waals surface area (Å²) >= 11 is 5.98. The number of nitrogens with one attached hydrogen (secondary N) is 2. The molecule has 0 atom stereocenters. The van der Waals surface area contributed by atoms with Gasteiger partial charge in [0, 0.05) is 0 Å². The first-order chi connectivity index (χ1) is 10.5. The minimum Gasteiger partial charge on any atom is -0.341 e. The van der Waals surface area contributed by atoms with E-state index < -0.39 is 10.0 Å². The van der Waals surface area contributed by atoms with Crippen molar-refractivity contribution in [3.05, 3.63) is 58.9 Å². The van der Waals surface area contributed by atoms with Crippen LogP contribution in [0.25, 0.3) is 11.0 Å². The van der Waals surface area contributed by atoms with Crippen LogP contribution in [-0.2, 0) is 16.6 Å². The summed E-state index contributed by atoms with van der Waals surface area (Å²) in [6.45, 7) is 1.88. The monoisotopic (exact) mass is 335 g/mol. The summed E-state index contributed by atoms with van der Waals surface area (Å²) < 4.78 is 27.2. The van der Waals surface area contributed by atoms with Gasteiger partial charge in [-0.05, 0) is 36.8 Å². The normalized spacial score (nSPS) is 11.9. The third-order valence-corrected chi connectivity index (χ3v) is 5.13. The number of aromatic nitrogens is 2. The minimum atomic E-state index is -3.69. The van der Waals surface area contributed by atoms with Crippen molar-refractivity contribution in [2.75, 3.05) is 0 Å². The van der Waals surface area contributed by atoms with E-state index >= 15 is 0 Å². The van der Waals surface area contributed by atoms with Crippen LogP contribution >= 0.6 is 11.6 Å². The number of rotatable bonds is 4. The van der Waals surface area contributed by atoms with Crippen molar-refractivity contribution < 1.29 is 8.42 Å². The number of H-pyrrole nitrogens is 1. The van der Waals surface area contributed by atoms with Crippen LogP contribution in [0.3, 0.4) is 0 Å². The Morgan fingerprint density at radius 2 is 2.00 bits per heavy atom. The van der Waals surface area contributed by atoms with Gasteiger partial charge in [0.2, 0.25) is 10.0 Å². The number of halogens is 1. The molecule has 1 heterocycles. The number of para-hydroxylation sites is 2. The van der Waals surface area contributed by atoms with E-state index in [2.05, 4.69) is 14.7 Å². The van der Waals surface area contributed by atoms with Crippen LogP contribution in [0.4, 0.5) is 0 Å². The van der Waals surface area contributed by atoms with Crippen molar-refractivity contribution in [3.8, 4) is 0 Å². The van der Waals surface area contributed by atoms with Gasteiger partial charge in [-0.15, -0.1) is 0 Å². The van der Waals surface area contributed by atoms with E-state index in [0.29, 0.717) is 5.82 Å². The molecule has 0 amide bonds. The van der Waals surface area contributed by atoms with E-state index in [1.165, 1.54) is 0 Å². The summed E-state index contributed by atoms with van der Waals surface area (Å²) in [4.78, 5) is 7.48. The van der Waals surface area contributed by atoms with Gasteiger partial charge in [0.1, 0.15) is 10.7 Å². The summed E-state index contributed by atoms with van der Waals surface area (Å²) in [5, 5.41) is 0.197. The van der Waals surface area contributed by atoms with Gasteiger partial charge in [-0.25, -0.2) is 18.1 Å². The molecular formula is C15H14ClN3O2S. The fraction of sp³-hybridized carbons (Fsp3) is 0.133. The number of imidazole rings is 1. The fourth-order valence-corrected chi connectivity index (χ4v) is 3.72. The minimum absolute atomic E-state index is 0.0707. The second kappa shape index (κ2) is 5.72. The van der Waals surface area contributed by atoms with E-state index in [1.54, 1.807) is 18.2 Å². The van der Waals surface area contributed by atoms with Gasteiger partial charge in [0.25, 0.3) is 0 Å². The van der Waals surface area contributed by atoms with Crippen molar-refractivity contribution in [1.82, 2.24) is 14.7 Å². The average molecular weight is 336 g/mol. The van der Waals surface area contributed by atoms with Crippen LogP contribution < -0.4 is 4.72 Å². The van der Waals surface area contributed by atoms with Gasteiger partial charge in [0.15, 0.2) is 0 Å². The van der Waals surface area contributed by atoms with Crippen LogP contribution in [-0.4, -0.2) is 18.4 Å². The maximum absolute atomic E-state index is 12.4. The van der Waals surface area contributed by atoms with Crippen LogP contribution in [0.2, 0.25) is 5.02 Å². The average Bonchev–Trinajstić information content (AvgIpc) is 2.90. The van der Waals surface area contributed by atoms with Crippen LogP contribution in [0.1, 0.15) is 11.4 Å². The molecule has 0 unspecified atom stereocenters. The van der Waals surface area contributed by atoms with Crippen LogP contribution in [0.5, 0.6) is 0 Å². The lowest BCUT2D eigenvalue weighted by atomic mass is 10.2. The Kier molecular flexibility index (Phi) is 3.90. The molecule has 0 saturated heterocycles. The van der Waals surface area contributed by atoms with Crippen molar-refractivity contribution >= 4 is 32.7 Å². The van der Waals surface area contributed by atoms with Crippen molar-refractivity contribution in [2.45, 2.75) is 18.4 Å². The zero-order chi connectivity index (χ0) is 15.7. The molecule has 0 fully saturated rings. The lowest BCUT2D eigenvalue weighted by Gasteiger charge is -2.08. The van der Waals surface area contributed by atoms with Crippen LogP contribution in [0.15, 0.2) is 47.4 Å². The lowest BCUT2D eigenvalue weighted by Crippen LogP contribution is -2.24. The Balaban J connectivity index is 1.84. The molecule has 7 heteroatoms. The number of fused-ring (bicyclic) bond motifs is 1. The molecule has 2 aromatic carbocycles. The predicted molar refractivity (Wildman–Crippen MR) is 86.3 cm³/mol. The maximum atomic E-state index is 12.4. The molecule has 5 nitrogen and oxygen atoms in total. The van der Waals surface area contributed by atoms with Crippen molar-refractivity contribution in [2.24, 2.45) is 0 Å². The zero-order valence-corrected chi connectivity index (χ0v) is 13.4. The lowest BCUT2D eigenvalue weighted by molar-refractivity contribution is 0.579. The highest BCUT2D eigenvalue weighted by Crippen LogP contribution is 2.22. The molecule has 0 saturated carbocycles. The third kappa shape index (κ3) is 2.99. The Morgan fingerprint density at radius 1 is 1.23 bits per heavy atom. The van der Waals surface area contributed by atoms with E-state index in [1.807, 2.05) is 31.2 Å². The van der Waals surface area contributed by atoms with Gasteiger partial charge in [-0.1, -0.05) is 29.8 Å². The second-order valence-corrected chi connectivity index (χ2v) is 7.10. The molecule has 0 aliphatic carbocycles. The fourth-order valence-electron chi connectivity index (χ4n) is 2.15. The standard InChI is InChI=1S/C15H14ClN3O2S/c1-10-6-7-11(16)14(8-10)22(20,21)17-9-15-18-12-4-2-3-5-13(12)19-15/h2-8,17H,9H2,1H3,(H,18,19). The van der Waals surface area contributed by atoms with Crippen LogP contribution in [0, 0.1) is 6.92 Å². The smallest absolute Gasteiger partial charge is 0.242 e. The van der Waals surface area contributed by atoms with Gasteiger partial charge < -0.3 is 4.98 Å². The molecule has 3 rings (SSSR count). The number of hydrogen-bond donors (Lipinski definition) is 2. The van der Waals surface area contributed by atoms with E-state index in [-0.39, 0.29) is 16.5 Å². The maximum Gasteiger partial charge on any atom is 0.242 e. The molecular weight excluding hydrogens is 322 g/mol. The van der Waals surface area contributed by atoms with Gasteiger partial charge in [-0.2, -0.15) is 0 Å². The number of nitrogens with zero attached hydrogens (tertiary/aromatic N) is 1.